The van der Waals surface area contributed by atoms with Gasteiger partial charge in [-0.3, -0.25) is 4.79 Å². The van der Waals surface area contributed by atoms with E-state index in [1.807, 2.05) is 6.92 Å². The van der Waals surface area contributed by atoms with Crippen molar-refractivity contribution in [3.05, 3.63) is 29.6 Å². The highest BCUT2D eigenvalue weighted by Gasteiger charge is 2.11. The first kappa shape index (κ1) is 13.4. The molecule has 1 amide bonds. The molecule has 17 heavy (non-hydrogen) atoms. The number of phenolic OH excluding ortho intramolecular Hbond substituents is 1. The van der Waals surface area contributed by atoms with Crippen molar-refractivity contribution in [3.63, 3.8) is 0 Å². The third kappa shape index (κ3) is 4.03. The number of hydrogen-bond donors (Lipinski definition) is 3. The van der Waals surface area contributed by atoms with Gasteiger partial charge in [0.2, 0.25) is 0 Å². The molecule has 0 spiro atoms. The summed E-state index contributed by atoms with van der Waals surface area (Å²) < 4.78 is 12.7. The van der Waals surface area contributed by atoms with Crippen LogP contribution in [0.4, 0.5) is 4.39 Å². The van der Waals surface area contributed by atoms with E-state index in [2.05, 4.69) is 5.32 Å². The molecule has 1 aromatic carbocycles. The van der Waals surface area contributed by atoms with Crippen LogP contribution < -0.4 is 11.1 Å². The Labute approximate surface area is 99.6 Å². The Morgan fingerprint density at radius 2 is 2.29 bits per heavy atom. The van der Waals surface area contributed by atoms with Crippen molar-refractivity contribution in [1.29, 1.82) is 0 Å². The maximum absolute atomic E-state index is 12.7. The van der Waals surface area contributed by atoms with E-state index >= 15 is 0 Å². The Hall–Kier alpha value is -1.62. The van der Waals surface area contributed by atoms with Gasteiger partial charge in [-0.1, -0.05) is 6.92 Å². The second-order valence-electron chi connectivity index (χ2n) is 3.87. The van der Waals surface area contributed by atoms with E-state index in [1.54, 1.807) is 0 Å². The Morgan fingerprint density at radius 1 is 1.59 bits per heavy atom. The average Bonchev–Trinajstić information content (AvgIpc) is 2.28. The van der Waals surface area contributed by atoms with Crippen molar-refractivity contribution in [1.82, 2.24) is 5.32 Å². The number of amides is 1. The molecule has 1 rings (SSSR count). The summed E-state index contributed by atoms with van der Waals surface area (Å²) in [5.74, 6) is -1.36. The van der Waals surface area contributed by atoms with Gasteiger partial charge < -0.3 is 16.2 Å². The van der Waals surface area contributed by atoms with Crippen LogP contribution in [-0.4, -0.2) is 23.6 Å². The molecule has 0 bridgehead atoms. The van der Waals surface area contributed by atoms with Crippen molar-refractivity contribution in [3.8, 4) is 5.75 Å². The number of phenols is 1. The summed E-state index contributed by atoms with van der Waals surface area (Å²) in [6, 6.07) is 3.34. The summed E-state index contributed by atoms with van der Waals surface area (Å²) in [5.41, 5.74) is 5.76. The summed E-state index contributed by atoms with van der Waals surface area (Å²) in [5, 5.41) is 12.0. The van der Waals surface area contributed by atoms with Gasteiger partial charge in [0, 0.05) is 18.7 Å². The van der Waals surface area contributed by atoms with Crippen LogP contribution in [0, 0.1) is 5.82 Å². The third-order valence-corrected chi connectivity index (χ3v) is 2.53. The maximum atomic E-state index is 12.7. The van der Waals surface area contributed by atoms with Crippen LogP contribution in [0.5, 0.6) is 5.75 Å². The molecule has 0 saturated heterocycles. The molecule has 0 aliphatic carbocycles. The van der Waals surface area contributed by atoms with E-state index in [0.29, 0.717) is 13.0 Å². The highest BCUT2D eigenvalue weighted by atomic mass is 19.1. The predicted octanol–water partition coefficient (Wildman–Crippen LogP) is 1.39. The monoisotopic (exact) mass is 240 g/mol. The lowest BCUT2D eigenvalue weighted by atomic mass is 10.1. The van der Waals surface area contributed by atoms with Crippen molar-refractivity contribution in [2.45, 2.75) is 25.8 Å². The predicted molar refractivity (Wildman–Crippen MR) is 63.3 cm³/mol. The van der Waals surface area contributed by atoms with Crippen LogP contribution in [-0.2, 0) is 0 Å². The lowest BCUT2D eigenvalue weighted by Gasteiger charge is -2.10. The topological polar surface area (TPSA) is 75.3 Å². The smallest absolute Gasteiger partial charge is 0.255 e. The summed E-state index contributed by atoms with van der Waals surface area (Å²) >= 11 is 0. The number of rotatable bonds is 5. The summed E-state index contributed by atoms with van der Waals surface area (Å²) in [7, 11) is 0. The number of carbonyl (C=O) groups is 1. The van der Waals surface area contributed by atoms with Gasteiger partial charge in [0.05, 0.1) is 5.56 Å². The van der Waals surface area contributed by atoms with Gasteiger partial charge in [0.25, 0.3) is 5.91 Å². The first-order valence-electron chi connectivity index (χ1n) is 5.57. The van der Waals surface area contributed by atoms with Crippen molar-refractivity contribution >= 4 is 5.91 Å². The minimum atomic E-state index is -0.577. The van der Waals surface area contributed by atoms with Crippen molar-refractivity contribution < 1.29 is 14.3 Å². The molecule has 5 heteroatoms. The van der Waals surface area contributed by atoms with Crippen molar-refractivity contribution in [2.24, 2.45) is 5.73 Å². The van der Waals surface area contributed by atoms with Gasteiger partial charge in [0.15, 0.2) is 0 Å². The standard InChI is InChI=1S/C12H17FN2O2/c1-2-9(14)5-6-15-12(17)10-4-3-8(13)7-11(10)16/h3-4,7,9,16H,2,5-6,14H2,1H3,(H,15,17). The Balaban J connectivity index is 2.52. The second-order valence-corrected chi connectivity index (χ2v) is 3.87. The molecule has 0 aliphatic rings. The maximum Gasteiger partial charge on any atom is 0.255 e. The number of benzene rings is 1. The van der Waals surface area contributed by atoms with Crippen LogP contribution >= 0.6 is 0 Å². The fraction of sp³-hybridized carbons (Fsp3) is 0.417. The fourth-order valence-electron chi connectivity index (χ4n) is 1.37. The average molecular weight is 240 g/mol. The van der Waals surface area contributed by atoms with Crippen LogP contribution in [0.15, 0.2) is 18.2 Å². The molecule has 94 valence electrons. The van der Waals surface area contributed by atoms with E-state index in [-0.39, 0.29) is 17.4 Å². The number of aromatic hydroxyl groups is 1. The number of halogens is 1. The second kappa shape index (κ2) is 6.20. The van der Waals surface area contributed by atoms with E-state index in [9.17, 15) is 14.3 Å². The van der Waals surface area contributed by atoms with Gasteiger partial charge >= 0.3 is 0 Å². The van der Waals surface area contributed by atoms with Crippen LogP contribution in [0.3, 0.4) is 0 Å². The molecule has 4 nitrogen and oxygen atoms in total. The summed E-state index contributed by atoms with van der Waals surface area (Å²) in [6.45, 7) is 2.41. The molecule has 0 aromatic heterocycles. The Kier molecular flexibility index (Phi) is 4.90. The van der Waals surface area contributed by atoms with Gasteiger partial charge in [-0.25, -0.2) is 4.39 Å². The van der Waals surface area contributed by atoms with Gasteiger partial charge in [-0.05, 0) is 25.0 Å². The molecule has 0 fully saturated rings. The molecular weight excluding hydrogens is 223 g/mol. The molecule has 1 atom stereocenters. The minimum Gasteiger partial charge on any atom is -0.507 e. The van der Waals surface area contributed by atoms with Crippen LogP contribution in [0.1, 0.15) is 30.1 Å². The molecule has 0 radical (unpaired) electrons. The van der Waals surface area contributed by atoms with Crippen LogP contribution in [0.2, 0.25) is 0 Å². The fourth-order valence-corrected chi connectivity index (χ4v) is 1.37. The van der Waals surface area contributed by atoms with Gasteiger partial charge in [0.1, 0.15) is 11.6 Å². The quantitative estimate of drug-likeness (QED) is 0.728. The Bertz CT molecular complexity index is 396. The van der Waals surface area contributed by atoms with Crippen molar-refractivity contribution in [2.75, 3.05) is 6.54 Å². The lowest BCUT2D eigenvalue weighted by Crippen LogP contribution is -2.30. The highest BCUT2D eigenvalue weighted by molar-refractivity contribution is 5.96. The molecule has 0 aliphatic heterocycles. The zero-order valence-corrected chi connectivity index (χ0v) is 9.74. The van der Waals surface area contributed by atoms with E-state index in [1.165, 1.54) is 6.07 Å². The third-order valence-electron chi connectivity index (χ3n) is 2.53. The molecule has 0 heterocycles. The SMILES string of the molecule is CCC(N)CCNC(=O)c1ccc(F)cc1O. The highest BCUT2D eigenvalue weighted by Crippen LogP contribution is 2.17. The van der Waals surface area contributed by atoms with Crippen LogP contribution in [0.25, 0.3) is 0 Å². The summed E-state index contributed by atoms with van der Waals surface area (Å²) in [4.78, 5) is 11.6. The lowest BCUT2D eigenvalue weighted by molar-refractivity contribution is 0.0950. The molecule has 4 N–H and O–H groups in total. The number of nitrogens with two attached hydrogens (primary N) is 1. The number of nitrogens with one attached hydrogen (secondary N) is 1. The number of carbonyl (C=O) groups excluding carboxylic acids is 1. The summed E-state index contributed by atoms with van der Waals surface area (Å²) in [6.07, 6.45) is 1.52. The van der Waals surface area contributed by atoms with Gasteiger partial charge in [-0.2, -0.15) is 0 Å². The zero-order chi connectivity index (χ0) is 12.8. The molecule has 0 saturated carbocycles. The number of hydrogen-bond acceptors (Lipinski definition) is 3. The first-order chi connectivity index (χ1) is 8.04. The van der Waals surface area contributed by atoms with E-state index < -0.39 is 11.7 Å². The molecular formula is C12H17FN2O2. The zero-order valence-electron chi connectivity index (χ0n) is 9.74. The molecule has 1 unspecified atom stereocenters. The molecule has 1 aromatic rings. The van der Waals surface area contributed by atoms with Gasteiger partial charge in [-0.15, -0.1) is 0 Å². The minimum absolute atomic E-state index is 0.0529. The van der Waals surface area contributed by atoms with E-state index in [0.717, 1.165) is 18.6 Å². The Morgan fingerprint density at radius 3 is 2.88 bits per heavy atom. The normalized spacial score (nSPS) is 12.2. The van der Waals surface area contributed by atoms with E-state index in [4.69, 9.17) is 5.73 Å². The first-order valence-corrected chi connectivity index (χ1v) is 5.57. The largest absolute Gasteiger partial charge is 0.507 e.